The Morgan fingerprint density at radius 3 is 2.58 bits per heavy atom. The van der Waals surface area contributed by atoms with Crippen LogP contribution in [-0.4, -0.2) is 5.78 Å². The normalized spacial score (nSPS) is 20.8. The van der Waals surface area contributed by atoms with Gasteiger partial charge >= 0.3 is 0 Å². The summed E-state index contributed by atoms with van der Waals surface area (Å²) in [6.45, 7) is 5.75. The largest absolute Gasteiger partial charge is 0.299 e. The van der Waals surface area contributed by atoms with Crippen LogP contribution in [0.1, 0.15) is 45.4 Å². The van der Waals surface area contributed by atoms with Crippen LogP contribution in [0.3, 0.4) is 0 Å². The fourth-order valence-corrected chi connectivity index (χ4v) is 1.97. The maximum absolute atomic E-state index is 11.7. The lowest BCUT2D eigenvalue weighted by Gasteiger charge is -2.20. The van der Waals surface area contributed by atoms with E-state index >= 15 is 0 Å². The molecule has 0 atom stereocenters. The lowest BCUT2D eigenvalue weighted by molar-refractivity contribution is -0.127. The van der Waals surface area contributed by atoms with E-state index in [2.05, 4.69) is 13.5 Å². The van der Waals surface area contributed by atoms with E-state index in [9.17, 15) is 4.79 Å². The van der Waals surface area contributed by atoms with Crippen molar-refractivity contribution in [3.8, 4) is 0 Å². The number of Topliss-reactive ketones (excluding diaryl/α,β-unsaturated/α-hetero) is 1. The first-order chi connectivity index (χ1) is 5.69. The molecule has 1 aliphatic carbocycles. The average molecular weight is 166 g/mol. The monoisotopic (exact) mass is 166 g/mol. The van der Waals surface area contributed by atoms with E-state index in [0.29, 0.717) is 12.2 Å². The van der Waals surface area contributed by atoms with Crippen molar-refractivity contribution in [3.05, 3.63) is 12.7 Å². The maximum Gasteiger partial charge on any atom is 0.139 e. The van der Waals surface area contributed by atoms with Crippen LogP contribution < -0.4 is 0 Å². The molecular weight excluding hydrogens is 148 g/mol. The summed E-state index contributed by atoms with van der Waals surface area (Å²) < 4.78 is 0. The smallest absolute Gasteiger partial charge is 0.139 e. The highest BCUT2D eigenvalue weighted by atomic mass is 16.1. The molecule has 0 radical (unpaired) electrons. The number of rotatable bonds is 4. The van der Waals surface area contributed by atoms with Gasteiger partial charge in [-0.05, 0) is 19.3 Å². The molecule has 0 unspecified atom stereocenters. The first kappa shape index (κ1) is 9.50. The van der Waals surface area contributed by atoms with Crippen molar-refractivity contribution >= 4 is 5.78 Å². The maximum atomic E-state index is 11.7. The first-order valence-corrected chi connectivity index (χ1v) is 4.83. The minimum Gasteiger partial charge on any atom is -0.299 e. The number of carbonyl (C=O) groups excluding carboxylic acids is 1. The van der Waals surface area contributed by atoms with Crippen molar-refractivity contribution in [1.82, 2.24) is 0 Å². The van der Waals surface area contributed by atoms with Gasteiger partial charge in [-0.2, -0.15) is 0 Å². The molecule has 12 heavy (non-hydrogen) atoms. The van der Waals surface area contributed by atoms with Gasteiger partial charge in [0, 0.05) is 11.8 Å². The zero-order chi connectivity index (χ0) is 9.03. The van der Waals surface area contributed by atoms with Gasteiger partial charge < -0.3 is 0 Å². The molecule has 0 heterocycles. The van der Waals surface area contributed by atoms with Gasteiger partial charge in [0.2, 0.25) is 0 Å². The van der Waals surface area contributed by atoms with Gasteiger partial charge in [0.05, 0.1) is 0 Å². The van der Waals surface area contributed by atoms with Crippen LogP contribution in [-0.2, 0) is 4.79 Å². The van der Waals surface area contributed by atoms with E-state index < -0.39 is 0 Å². The molecule has 0 aliphatic heterocycles. The van der Waals surface area contributed by atoms with Crippen molar-refractivity contribution in [2.45, 2.75) is 45.4 Å². The molecular formula is C11H18O. The van der Waals surface area contributed by atoms with Gasteiger partial charge in [0.1, 0.15) is 5.78 Å². The van der Waals surface area contributed by atoms with Crippen molar-refractivity contribution in [2.24, 2.45) is 5.41 Å². The number of ketones is 1. The summed E-state index contributed by atoms with van der Waals surface area (Å²) >= 11 is 0. The summed E-state index contributed by atoms with van der Waals surface area (Å²) in [7, 11) is 0. The fraction of sp³-hybridized carbons (Fsp3) is 0.727. The van der Waals surface area contributed by atoms with Crippen molar-refractivity contribution in [1.29, 1.82) is 0 Å². The number of hydrogen-bond donors (Lipinski definition) is 0. The van der Waals surface area contributed by atoms with Gasteiger partial charge in [-0.15, -0.1) is 6.58 Å². The zero-order valence-electron chi connectivity index (χ0n) is 7.94. The summed E-state index contributed by atoms with van der Waals surface area (Å²) in [5, 5.41) is 0. The molecule has 1 fully saturated rings. The molecule has 68 valence electrons. The highest BCUT2D eigenvalue weighted by Crippen LogP contribution is 2.39. The highest BCUT2D eigenvalue weighted by molar-refractivity contribution is 5.84. The molecule has 0 bridgehead atoms. The summed E-state index contributed by atoms with van der Waals surface area (Å²) in [5.74, 6) is 0.444. The van der Waals surface area contributed by atoms with E-state index in [4.69, 9.17) is 0 Å². The molecule has 1 rings (SSSR count). The third-order valence-corrected chi connectivity index (χ3v) is 2.96. The zero-order valence-corrected chi connectivity index (χ0v) is 7.94. The van der Waals surface area contributed by atoms with Crippen molar-refractivity contribution in [3.63, 3.8) is 0 Å². The van der Waals surface area contributed by atoms with E-state index in [0.717, 1.165) is 19.3 Å². The molecule has 0 N–H and O–H groups in total. The summed E-state index contributed by atoms with van der Waals surface area (Å²) in [4.78, 5) is 11.7. The molecule has 0 aromatic carbocycles. The quantitative estimate of drug-likeness (QED) is 0.586. The second kappa shape index (κ2) is 3.88. The first-order valence-electron chi connectivity index (χ1n) is 4.83. The lowest BCUT2D eigenvalue weighted by Crippen LogP contribution is -2.23. The minimum absolute atomic E-state index is 0.0169. The minimum atomic E-state index is 0.0169. The predicted octanol–water partition coefficient (Wildman–Crippen LogP) is 3.10. The lowest BCUT2D eigenvalue weighted by atomic mass is 9.82. The van der Waals surface area contributed by atoms with Gasteiger partial charge in [0.25, 0.3) is 0 Å². The molecule has 0 amide bonds. The van der Waals surface area contributed by atoms with Crippen LogP contribution in [0.4, 0.5) is 0 Å². The molecule has 1 heteroatoms. The van der Waals surface area contributed by atoms with Crippen LogP contribution >= 0.6 is 0 Å². The second-order valence-electron chi connectivity index (χ2n) is 4.02. The second-order valence-corrected chi connectivity index (χ2v) is 4.02. The fourth-order valence-electron chi connectivity index (χ4n) is 1.97. The molecule has 0 aromatic rings. The highest BCUT2D eigenvalue weighted by Gasteiger charge is 2.34. The van der Waals surface area contributed by atoms with Gasteiger partial charge in [-0.3, -0.25) is 4.79 Å². The summed E-state index contributed by atoms with van der Waals surface area (Å²) in [6, 6.07) is 0. The third kappa shape index (κ3) is 1.96. The molecule has 1 saturated carbocycles. The van der Waals surface area contributed by atoms with Crippen LogP contribution in [0.2, 0.25) is 0 Å². The van der Waals surface area contributed by atoms with E-state index in [1.165, 1.54) is 12.8 Å². The topological polar surface area (TPSA) is 17.1 Å². The van der Waals surface area contributed by atoms with Crippen molar-refractivity contribution in [2.75, 3.05) is 0 Å². The Hall–Kier alpha value is -0.590. The molecule has 1 aliphatic rings. The van der Waals surface area contributed by atoms with Gasteiger partial charge in [-0.1, -0.05) is 25.8 Å². The Balaban J connectivity index is 2.44. The SMILES string of the molecule is C=CCCC(=O)C1(C)CCCC1. The van der Waals surface area contributed by atoms with Crippen LogP contribution in [0.15, 0.2) is 12.7 Å². The Morgan fingerprint density at radius 1 is 1.50 bits per heavy atom. The number of carbonyl (C=O) groups is 1. The number of hydrogen-bond acceptors (Lipinski definition) is 1. The standard InChI is InChI=1S/C11H18O/c1-3-4-7-10(12)11(2)8-5-6-9-11/h3H,1,4-9H2,2H3. The van der Waals surface area contributed by atoms with Crippen LogP contribution in [0.25, 0.3) is 0 Å². The average Bonchev–Trinajstić information content (AvgIpc) is 2.49. The van der Waals surface area contributed by atoms with Crippen molar-refractivity contribution < 1.29 is 4.79 Å². The van der Waals surface area contributed by atoms with Gasteiger partial charge in [0.15, 0.2) is 0 Å². The van der Waals surface area contributed by atoms with E-state index in [-0.39, 0.29) is 5.41 Å². The Kier molecular flexibility index (Phi) is 3.07. The summed E-state index contributed by atoms with van der Waals surface area (Å²) in [5.41, 5.74) is 0.0169. The van der Waals surface area contributed by atoms with Crippen LogP contribution in [0, 0.1) is 5.41 Å². The Bertz CT molecular complexity index is 175. The predicted molar refractivity (Wildman–Crippen MR) is 51.0 cm³/mol. The van der Waals surface area contributed by atoms with Crippen LogP contribution in [0.5, 0.6) is 0 Å². The Labute approximate surface area is 74.9 Å². The summed E-state index contributed by atoms with van der Waals surface area (Å²) in [6.07, 6.45) is 8.03. The third-order valence-electron chi connectivity index (χ3n) is 2.96. The molecule has 0 saturated heterocycles. The molecule has 0 aromatic heterocycles. The Morgan fingerprint density at radius 2 is 2.08 bits per heavy atom. The van der Waals surface area contributed by atoms with E-state index in [1.807, 2.05) is 6.08 Å². The molecule has 1 nitrogen and oxygen atoms in total. The molecule has 0 spiro atoms. The van der Waals surface area contributed by atoms with Gasteiger partial charge in [-0.25, -0.2) is 0 Å². The number of allylic oxidation sites excluding steroid dienone is 1. The van der Waals surface area contributed by atoms with E-state index in [1.54, 1.807) is 0 Å².